The van der Waals surface area contributed by atoms with E-state index in [1.54, 1.807) is 6.07 Å². The largest absolute Gasteiger partial charge is 0.480 e. The second-order valence-corrected chi connectivity index (χ2v) is 4.72. The van der Waals surface area contributed by atoms with Crippen LogP contribution >= 0.6 is 0 Å². The molecule has 1 aliphatic rings. The summed E-state index contributed by atoms with van der Waals surface area (Å²) in [7, 11) is 1.48. The highest BCUT2D eigenvalue weighted by Crippen LogP contribution is 2.18. The predicted octanol–water partition coefficient (Wildman–Crippen LogP) is 0.427. The summed E-state index contributed by atoms with van der Waals surface area (Å²) in [6.45, 7) is 0.252. The number of nitrogens with zero attached hydrogens (tertiary/aromatic N) is 2. The quantitative estimate of drug-likeness (QED) is 0.863. The standard InChI is InChI=1S/C13H16N2O5/c1-14(12(17)10-5-3-7-20-10)8-11(16)15-6-2-4-9(15)13(18)19/h3,5,7,9H,2,4,6,8H2,1H3,(H,18,19)/t9-/m1/s1. The Labute approximate surface area is 115 Å². The fourth-order valence-corrected chi connectivity index (χ4v) is 2.28. The molecule has 0 saturated carbocycles. The van der Waals surface area contributed by atoms with Gasteiger partial charge in [0.1, 0.15) is 6.04 Å². The summed E-state index contributed by atoms with van der Waals surface area (Å²) in [6.07, 6.45) is 2.50. The van der Waals surface area contributed by atoms with E-state index in [4.69, 9.17) is 9.52 Å². The second kappa shape index (κ2) is 5.77. The molecule has 1 aromatic heterocycles. The van der Waals surface area contributed by atoms with Gasteiger partial charge in [-0.05, 0) is 25.0 Å². The lowest BCUT2D eigenvalue weighted by Gasteiger charge is -2.24. The van der Waals surface area contributed by atoms with Crippen molar-refractivity contribution in [2.45, 2.75) is 18.9 Å². The van der Waals surface area contributed by atoms with Crippen molar-refractivity contribution in [3.05, 3.63) is 24.2 Å². The number of furan rings is 1. The van der Waals surface area contributed by atoms with Gasteiger partial charge >= 0.3 is 5.97 Å². The molecule has 7 nitrogen and oxygen atoms in total. The first-order valence-electron chi connectivity index (χ1n) is 6.32. The van der Waals surface area contributed by atoms with Gasteiger partial charge in [0.2, 0.25) is 5.91 Å². The maximum absolute atomic E-state index is 12.1. The lowest BCUT2D eigenvalue weighted by molar-refractivity contribution is -0.148. The van der Waals surface area contributed by atoms with Crippen LogP contribution in [0.4, 0.5) is 0 Å². The molecule has 2 amide bonds. The molecule has 1 aromatic rings. The van der Waals surface area contributed by atoms with E-state index >= 15 is 0 Å². The fraction of sp³-hybridized carbons (Fsp3) is 0.462. The van der Waals surface area contributed by atoms with Crippen molar-refractivity contribution in [3.63, 3.8) is 0 Å². The molecule has 1 N–H and O–H groups in total. The number of carbonyl (C=O) groups is 3. The van der Waals surface area contributed by atoms with E-state index in [0.717, 1.165) is 0 Å². The molecule has 7 heteroatoms. The van der Waals surface area contributed by atoms with Crippen LogP contribution in [0.5, 0.6) is 0 Å². The van der Waals surface area contributed by atoms with E-state index < -0.39 is 17.9 Å². The minimum atomic E-state index is -1.00. The smallest absolute Gasteiger partial charge is 0.326 e. The molecule has 0 spiro atoms. The van der Waals surface area contributed by atoms with E-state index in [1.165, 1.54) is 29.2 Å². The molecule has 0 aromatic carbocycles. The third-order valence-corrected chi connectivity index (χ3v) is 3.31. The number of amides is 2. The third kappa shape index (κ3) is 2.81. The molecule has 20 heavy (non-hydrogen) atoms. The van der Waals surface area contributed by atoms with Crippen molar-refractivity contribution in [2.75, 3.05) is 20.1 Å². The van der Waals surface area contributed by atoms with E-state index in [-0.39, 0.29) is 18.2 Å². The Morgan fingerprint density at radius 1 is 1.50 bits per heavy atom. The SMILES string of the molecule is CN(CC(=O)N1CCC[C@@H]1C(=O)O)C(=O)c1ccco1. The van der Waals surface area contributed by atoms with Gasteiger partial charge in [-0.25, -0.2) is 4.79 Å². The van der Waals surface area contributed by atoms with E-state index in [9.17, 15) is 14.4 Å². The molecular weight excluding hydrogens is 264 g/mol. The number of hydrogen-bond donors (Lipinski definition) is 1. The first kappa shape index (κ1) is 14.1. The maximum Gasteiger partial charge on any atom is 0.326 e. The summed E-state index contributed by atoms with van der Waals surface area (Å²) in [4.78, 5) is 37.6. The molecule has 0 aliphatic carbocycles. The summed E-state index contributed by atoms with van der Waals surface area (Å²) in [5.41, 5.74) is 0. The fourth-order valence-electron chi connectivity index (χ4n) is 2.28. The van der Waals surface area contributed by atoms with E-state index in [2.05, 4.69) is 0 Å². The van der Waals surface area contributed by atoms with Crippen molar-refractivity contribution < 1.29 is 23.9 Å². The zero-order valence-electron chi connectivity index (χ0n) is 11.1. The van der Waals surface area contributed by atoms with Crippen molar-refractivity contribution in [1.29, 1.82) is 0 Å². The second-order valence-electron chi connectivity index (χ2n) is 4.72. The number of rotatable bonds is 4. The van der Waals surface area contributed by atoms with Gasteiger partial charge < -0.3 is 19.3 Å². The van der Waals surface area contributed by atoms with Gasteiger partial charge in [0, 0.05) is 13.6 Å². The van der Waals surface area contributed by atoms with Crippen LogP contribution in [0.25, 0.3) is 0 Å². The molecule has 1 saturated heterocycles. The highest BCUT2D eigenvalue weighted by molar-refractivity contribution is 5.94. The number of carboxylic acids is 1. The topological polar surface area (TPSA) is 91.1 Å². The minimum Gasteiger partial charge on any atom is -0.480 e. The Kier molecular flexibility index (Phi) is 4.07. The van der Waals surface area contributed by atoms with Crippen molar-refractivity contribution in [3.8, 4) is 0 Å². The van der Waals surface area contributed by atoms with Gasteiger partial charge in [0.15, 0.2) is 5.76 Å². The Hall–Kier alpha value is -2.31. The summed E-state index contributed by atoms with van der Waals surface area (Å²) in [5, 5.41) is 9.04. The zero-order chi connectivity index (χ0) is 14.7. The Morgan fingerprint density at radius 3 is 2.85 bits per heavy atom. The third-order valence-electron chi connectivity index (χ3n) is 3.31. The maximum atomic E-state index is 12.1. The molecule has 1 atom stereocenters. The average molecular weight is 280 g/mol. The highest BCUT2D eigenvalue weighted by Gasteiger charge is 2.34. The number of aliphatic carboxylic acids is 1. The van der Waals surface area contributed by atoms with Crippen molar-refractivity contribution >= 4 is 17.8 Å². The number of carboxylic acid groups (broad SMARTS) is 1. The monoisotopic (exact) mass is 280 g/mol. The average Bonchev–Trinajstić information content (AvgIpc) is 3.08. The lowest BCUT2D eigenvalue weighted by atomic mass is 10.2. The van der Waals surface area contributed by atoms with Crippen molar-refractivity contribution in [2.24, 2.45) is 0 Å². The van der Waals surface area contributed by atoms with Gasteiger partial charge in [-0.2, -0.15) is 0 Å². The predicted molar refractivity (Wildman–Crippen MR) is 68.0 cm³/mol. The van der Waals surface area contributed by atoms with Gasteiger partial charge in [0.25, 0.3) is 5.91 Å². The van der Waals surface area contributed by atoms with Crippen LogP contribution in [-0.4, -0.2) is 58.9 Å². The zero-order valence-corrected chi connectivity index (χ0v) is 11.1. The highest BCUT2D eigenvalue weighted by atomic mass is 16.4. The molecule has 0 bridgehead atoms. The van der Waals surface area contributed by atoms with Crippen LogP contribution in [0.2, 0.25) is 0 Å². The number of likely N-dealkylation sites (tertiary alicyclic amines) is 1. The normalized spacial score (nSPS) is 18.1. The van der Waals surface area contributed by atoms with E-state index in [1.807, 2.05) is 0 Å². The molecule has 2 heterocycles. The first-order chi connectivity index (χ1) is 9.50. The lowest BCUT2D eigenvalue weighted by Crippen LogP contribution is -2.45. The minimum absolute atomic E-state index is 0.150. The molecule has 1 aliphatic heterocycles. The molecular formula is C13H16N2O5. The van der Waals surface area contributed by atoms with Gasteiger partial charge in [0.05, 0.1) is 12.8 Å². The molecule has 0 radical (unpaired) electrons. The van der Waals surface area contributed by atoms with Crippen LogP contribution in [0.1, 0.15) is 23.4 Å². The Balaban J connectivity index is 1.97. The van der Waals surface area contributed by atoms with Crippen LogP contribution in [-0.2, 0) is 9.59 Å². The summed E-state index contributed by atoms with van der Waals surface area (Å²) in [5.74, 6) is -1.63. The molecule has 108 valence electrons. The van der Waals surface area contributed by atoms with Gasteiger partial charge in [-0.15, -0.1) is 0 Å². The molecule has 2 rings (SSSR count). The summed E-state index contributed by atoms with van der Waals surface area (Å²) < 4.78 is 4.97. The van der Waals surface area contributed by atoms with Crippen LogP contribution < -0.4 is 0 Å². The van der Waals surface area contributed by atoms with Crippen LogP contribution in [0.15, 0.2) is 22.8 Å². The summed E-state index contributed by atoms with van der Waals surface area (Å²) >= 11 is 0. The molecule has 1 fully saturated rings. The number of likely N-dealkylation sites (N-methyl/N-ethyl adjacent to an activating group) is 1. The Morgan fingerprint density at radius 2 is 2.25 bits per heavy atom. The van der Waals surface area contributed by atoms with Crippen molar-refractivity contribution in [1.82, 2.24) is 9.80 Å². The first-order valence-corrected chi connectivity index (χ1v) is 6.32. The van der Waals surface area contributed by atoms with Gasteiger partial charge in [-0.3, -0.25) is 9.59 Å². The van der Waals surface area contributed by atoms with Crippen LogP contribution in [0, 0.1) is 0 Å². The summed E-state index contributed by atoms with van der Waals surface area (Å²) in [6, 6.07) is 2.32. The number of carbonyl (C=O) groups excluding carboxylic acids is 2. The van der Waals surface area contributed by atoms with Crippen LogP contribution in [0.3, 0.4) is 0 Å². The Bertz CT molecular complexity index is 511. The van der Waals surface area contributed by atoms with E-state index in [0.29, 0.717) is 19.4 Å². The molecule has 0 unspecified atom stereocenters. The van der Waals surface area contributed by atoms with Gasteiger partial charge in [-0.1, -0.05) is 0 Å². The number of hydrogen-bond acceptors (Lipinski definition) is 4.